The fourth-order valence-electron chi connectivity index (χ4n) is 1.73. The molecular formula is C14H9F6NO. The fraction of sp³-hybridized carbons (Fsp3) is 0.143. The van der Waals surface area contributed by atoms with E-state index in [4.69, 9.17) is 0 Å². The van der Waals surface area contributed by atoms with Crippen molar-refractivity contribution in [2.75, 3.05) is 5.32 Å². The van der Waals surface area contributed by atoms with Gasteiger partial charge in [0.25, 0.3) is 0 Å². The summed E-state index contributed by atoms with van der Waals surface area (Å²) in [6.45, 7) is 0. The minimum absolute atomic E-state index is 0.195. The van der Waals surface area contributed by atoms with Crippen molar-refractivity contribution in [3.05, 3.63) is 54.1 Å². The Morgan fingerprint density at radius 1 is 0.773 bits per heavy atom. The molecule has 0 radical (unpaired) electrons. The number of para-hydroxylation sites is 1. The van der Waals surface area contributed by atoms with Crippen LogP contribution < -0.4 is 10.1 Å². The molecule has 1 N–H and O–H groups in total. The summed E-state index contributed by atoms with van der Waals surface area (Å²) < 4.78 is 78.2. The SMILES string of the molecule is FC(F)(F)Oc1ccc(Nc2ccccc2C(F)(F)F)cc1. The van der Waals surface area contributed by atoms with E-state index in [0.29, 0.717) is 0 Å². The normalized spacial score (nSPS) is 12.1. The third kappa shape index (κ3) is 4.31. The van der Waals surface area contributed by atoms with E-state index in [1.54, 1.807) is 0 Å². The van der Waals surface area contributed by atoms with Crippen molar-refractivity contribution in [3.8, 4) is 5.75 Å². The van der Waals surface area contributed by atoms with Crippen LogP contribution in [-0.2, 0) is 6.18 Å². The van der Waals surface area contributed by atoms with Gasteiger partial charge >= 0.3 is 12.5 Å². The van der Waals surface area contributed by atoms with Crippen LogP contribution in [0.5, 0.6) is 5.75 Å². The van der Waals surface area contributed by atoms with Crippen LogP contribution >= 0.6 is 0 Å². The van der Waals surface area contributed by atoms with Gasteiger partial charge in [0.15, 0.2) is 0 Å². The van der Waals surface area contributed by atoms with Crippen LogP contribution in [0.2, 0.25) is 0 Å². The number of halogens is 6. The number of ether oxygens (including phenoxy) is 1. The first-order chi connectivity index (χ1) is 10.1. The van der Waals surface area contributed by atoms with Crippen LogP contribution in [0.4, 0.5) is 37.7 Å². The number of benzene rings is 2. The molecule has 0 aromatic heterocycles. The molecule has 0 fully saturated rings. The molecule has 2 aromatic carbocycles. The summed E-state index contributed by atoms with van der Waals surface area (Å²) >= 11 is 0. The maximum Gasteiger partial charge on any atom is 0.573 e. The van der Waals surface area contributed by atoms with Crippen LogP contribution in [-0.4, -0.2) is 6.36 Å². The monoisotopic (exact) mass is 321 g/mol. The second-order valence-electron chi connectivity index (χ2n) is 4.24. The van der Waals surface area contributed by atoms with Gasteiger partial charge in [0.2, 0.25) is 0 Å². The lowest BCUT2D eigenvalue weighted by Crippen LogP contribution is -2.17. The molecule has 8 heteroatoms. The highest BCUT2D eigenvalue weighted by Crippen LogP contribution is 2.36. The molecule has 0 spiro atoms. The summed E-state index contributed by atoms with van der Waals surface area (Å²) in [7, 11) is 0. The fourth-order valence-corrected chi connectivity index (χ4v) is 1.73. The van der Waals surface area contributed by atoms with Crippen LogP contribution in [0.25, 0.3) is 0 Å². The molecule has 0 atom stereocenters. The van der Waals surface area contributed by atoms with E-state index in [0.717, 1.165) is 18.2 Å². The smallest absolute Gasteiger partial charge is 0.406 e. The van der Waals surface area contributed by atoms with Crippen LogP contribution in [0.1, 0.15) is 5.56 Å². The molecule has 118 valence electrons. The van der Waals surface area contributed by atoms with Crippen molar-refractivity contribution in [3.63, 3.8) is 0 Å². The van der Waals surface area contributed by atoms with E-state index in [1.807, 2.05) is 0 Å². The summed E-state index contributed by atoms with van der Waals surface area (Å²) in [6, 6.07) is 9.18. The van der Waals surface area contributed by atoms with Gasteiger partial charge in [-0.3, -0.25) is 0 Å². The molecular weight excluding hydrogens is 312 g/mol. The van der Waals surface area contributed by atoms with Gasteiger partial charge in [0.05, 0.1) is 11.3 Å². The molecule has 0 aliphatic rings. The van der Waals surface area contributed by atoms with Gasteiger partial charge in [0.1, 0.15) is 5.75 Å². The summed E-state index contributed by atoms with van der Waals surface area (Å²) in [6.07, 6.45) is -9.36. The average molecular weight is 321 g/mol. The third-order valence-electron chi connectivity index (χ3n) is 2.60. The Morgan fingerprint density at radius 2 is 1.36 bits per heavy atom. The molecule has 2 aromatic rings. The number of hydrogen-bond donors (Lipinski definition) is 1. The molecule has 0 aliphatic carbocycles. The highest BCUT2D eigenvalue weighted by molar-refractivity contribution is 5.64. The molecule has 0 unspecified atom stereocenters. The van der Waals surface area contributed by atoms with Gasteiger partial charge in [-0.1, -0.05) is 12.1 Å². The van der Waals surface area contributed by atoms with Gasteiger partial charge in [-0.25, -0.2) is 0 Å². The molecule has 0 amide bonds. The van der Waals surface area contributed by atoms with Gasteiger partial charge in [-0.15, -0.1) is 13.2 Å². The lowest BCUT2D eigenvalue weighted by molar-refractivity contribution is -0.274. The van der Waals surface area contributed by atoms with E-state index >= 15 is 0 Å². The van der Waals surface area contributed by atoms with Gasteiger partial charge in [-0.2, -0.15) is 13.2 Å². The van der Waals surface area contributed by atoms with Crippen molar-refractivity contribution in [1.82, 2.24) is 0 Å². The lowest BCUT2D eigenvalue weighted by Gasteiger charge is -2.15. The van der Waals surface area contributed by atoms with Gasteiger partial charge < -0.3 is 10.1 Å². The zero-order valence-electron chi connectivity index (χ0n) is 10.8. The van der Waals surface area contributed by atoms with E-state index in [2.05, 4.69) is 10.1 Å². The number of rotatable bonds is 3. The maximum atomic E-state index is 12.8. The average Bonchev–Trinajstić information content (AvgIpc) is 2.39. The summed E-state index contributed by atoms with van der Waals surface area (Å²) in [5, 5.41) is 2.51. The van der Waals surface area contributed by atoms with E-state index in [-0.39, 0.29) is 11.4 Å². The molecule has 22 heavy (non-hydrogen) atoms. The van der Waals surface area contributed by atoms with Crippen LogP contribution in [0.3, 0.4) is 0 Å². The topological polar surface area (TPSA) is 21.3 Å². The second kappa shape index (κ2) is 5.78. The first-order valence-electron chi connectivity index (χ1n) is 5.94. The van der Waals surface area contributed by atoms with Crippen molar-refractivity contribution < 1.29 is 31.1 Å². The predicted molar refractivity (Wildman–Crippen MR) is 67.9 cm³/mol. The molecule has 0 aliphatic heterocycles. The number of alkyl halides is 6. The Bertz CT molecular complexity index is 633. The Kier molecular flexibility index (Phi) is 4.20. The van der Waals surface area contributed by atoms with Gasteiger partial charge in [-0.05, 0) is 36.4 Å². The van der Waals surface area contributed by atoms with Crippen molar-refractivity contribution in [2.24, 2.45) is 0 Å². The Hall–Kier alpha value is -2.38. The molecule has 0 saturated carbocycles. The summed E-state index contributed by atoms with van der Waals surface area (Å²) in [5.74, 6) is -0.456. The van der Waals surface area contributed by atoms with Crippen molar-refractivity contribution >= 4 is 11.4 Å². The molecule has 0 saturated heterocycles. The highest BCUT2D eigenvalue weighted by Gasteiger charge is 2.33. The molecule has 2 rings (SSSR count). The van der Waals surface area contributed by atoms with E-state index in [9.17, 15) is 26.3 Å². The third-order valence-corrected chi connectivity index (χ3v) is 2.60. The zero-order valence-corrected chi connectivity index (χ0v) is 10.8. The minimum Gasteiger partial charge on any atom is -0.406 e. The molecule has 0 heterocycles. The molecule has 0 bridgehead atoms. The second-order valence-corrected chi connectivity index (χ2v) is 4.24. The van der Waals surface area contributed by atoms with Crippen LogP contribution in [0, 0.1) is 0 Å². The zero-order chi connectivity index (χ0) is 16.4. The van der Waals surface area contributed by atoms with E-state index < -0.39 is 23.9 Å². The van der Waals surface area contributed by atoms with Crippen molar-refractivity contribution in [1.29, 1.82) is 0 Å². The summed E-state index contributed by atoms with van der Waals surface area (Å²) in [5.41, 5.74) is -0.865. The Balaban J connectivity index is 2.19. The van der Waals surface area contributed by atoms with E-state index in [1.165, 1.54) is 30.3 Å². The highest BCUT2D eigenvalue weighted by atomic mass is 19.4. The number of hydrogen-bond acceptors (Lipinski definition) is 2. The van der Waals surface area contributed by atoms with Gasteiger partial charge in [0, 0.05) is 5.69 Å². The Labute approximate surface area is 121 Å². The maximum absolute atomic E-state index is 12.8. The first kappa shape index (κ1) is 16.0. The lowest BCUT2D eigenvalue weighted by atomic mass is 10.1. The summed E-state index contributed by atoms with van der Waals surface area (Å²) in [4.78, 5) is 0. The predicted octanol–water partition coefficient (Wildman–Crippen LogP) is 5.35. The van der Waals surface area contributed by atoms with Crippen LogP contribution in [0.15, 0.2) is 48.5 Å². The largest absolute Gasteiger partial charge is 0.573 e. The number of anilines is 2. The molecule has 2 nitrogen and oxygen atoms in total. The Morgan fingerprint density at radius 3 is 1.91 bits per heavy atom. The standard InChI is InChI=1S/C14H9F6NO/c15-13(16,17)11-3-1-2-4-12(11)21-9-5-7-10(8-6-9)22-14(18,19)20/h1-8,21H. The van der Waals surface area contributed by atoms with Crippen molar-refractivity contribution in [2.45, 2.75) is 12.5 Å². The number of nitrogens with one attached hydrogen (secondary N) is 1. The quantitative estimate of drug-likeness (QED) is 0.770. The first-order valence-corrected chi connectivity index (χ1v) is 5.94. The minimum atomic E-state index is -4.82.